The number of rotatable bonds is 4. The van der Waals surface area contributed by atoms with Crippen molar-refractivity contribution in [2.45, 2.75) is 0 Å². The average Bonchev–Trinajstić information content (AvgIpc) is 3.31. The zero-order chi connectivity index (χ0) is 17.2. The van der Waals surface area contributed by atoms with Crippen molar-refractivity contribution in [2.75, 3.05) is 12.4 Å². The van der Waals surface area contributed by atoms with E-state index in [1.165, 1.54) is 0 Å². The van der Waals surface area contributed by atoms with Crippen LogP contribution in [0.25, 0.3) is 16.6 Å². The Morgan fingerprint density at radius 2 is 2.04 bits per heavy atom. The van der Waals surface area contributed by atoms with Gasteiger partial charge in [-0.05, 0) is 36.4 Å². The van der Waals surface area contributed by atoms with Gasteiger partial charge >= 0.3 is 0 Å². The molecule has 0 aliphatic rings. The second-order valence-corrected chi connectivity index (χ2v) is 5.56. The minimum absolute atomic E-state index is 0.213. The summed E-state index contributed by atoms with van der Waals surface area (Å²) >= 11 is 0. The van der Waals surface area contributed by atoms with Gasteiger partial charge in [-0.3, -0.25) is 4.79 Å². The molecule has 0 spiro atoms. The van der Waals surface area contributed by atoms with E-state index in [2.05, 4.69) is 15.4 Å². The van der Waals surface area contributed by atoms with Crippen molar-refractivity contribution in [3.8, 4) is 11.4 Å². The maximum Gasteiger partial charge on any atom is 0.272 e. The summed E-state index contributed by atoms with van der Waals surface area (Å²) in [4.78, 5) is 15.8. The van der Waals surface area contributed by atoms with Crippen molar-refractivity contribution in [2.24, 2.45) is 0 Å². The number of fused-ring (bicyclic) bond motifs is 1. The predicted molar refractivity (Wildman–Crippen MR) is 96.4 cm³/mol. The highest BCUT2D eigenvalue weighted by atomic mass is 16.5. The van der Waals surface area contributed by atoms with E-state index in [-0.39, 0.29) is 5.91 Å². The van der Waals surface area contributed by atoms with Gasteiger partial charge in [-0.15, -0.1) is 0 Å². The summed E-state index contributed by atoms with van der Waals surface area (Å²) < 4.78 is 6.93. The van der Waals surface area contributed by atoms with Crippen molar-refractivity contribution in [1.82, 2.24) is 14.8 Å². The molecule has 0 saturated heterocycles. The van der Waals surface area contributed by atoms with E-state index in [0.29, 0.717) is 11.4 Å². The molecule has 0 aliphatic heterocycles. The lowest BCUT2D eigenvalue weighted by molar-refractivity contribution is 0.102. The van der Waals surface area contributed by atoms with E-state index in [1.807, 2.05) is 60.8 Å². The largest absolute Gasteiger partial charge is 0.497 e. The van der Waals surface area contributed by atoms with Crippen molar-refractivity contribution in [3.63, 3.8) is 0 Å². The molecular formula is C19H16N4O2. The second-order valence-electron chi connectivity index (χ2n) is 5.56. The molecule has 2 N–H and O–H groups in total. The first-order valence-corrected chi connectivity index (χ1v) is 7.82. The molecule has 4 rings (SSSR count). The van der Waals surface area contributed by atoms with Gasteiger partial charge in [0.05, 0.1) is 18.5 Å². The fourth-order valence-corrected chi connectivity index (χ4v) is 2.74. The summed E-state index contributed by atoms with van der Waals surface area (Å²) in [7, 11) is 1.62. The summed E-state index contributed by atoms with van der Waals surface area (Å²) in [6, 6.07) is 16.8. The lowest BCUT2D eigenvalue weighted by atomic mass is 10.2. The van der Waals surface area contributed by atoms with Gasteiger partial charge in [-0.1, -0.05) is 12.1 Å². The summed E-state index contributed by atoms with van der Waals surface area (Å²) in [6.45, 7) is 0. The van der Waals surface area contributed by atoms with Crippen LogP contribution in [-0.4, -0.2) is 27.8 Å². The van der Waals surface area contributed by atoms with Gasteiger partial charge < -0.3 is 15.0 Å². The number of amides is 1. The molecule has 0 bridgehead atoms. The summed E-state index contributed by atoms with van der Waals surface area (Å²) in [5.74, 6) is 0.528. The Balaban J connectivity index is 1.65. The zero-order valence-electron chi connectivity index (χ0n) is 13.6. The van der Waals surface area contributed by atoms with Crippen LogP contribution in [0.15, 0.2) is 67.0 Å². The number of carbonyl (C=O) groups is 1. The fraction of sp³-hybridized carbons (Fsp3) is 0.0526. The van der Waals surface area contributed by atoms with Crippen molar-refractivity contribution >= 4 is 22.5 Å². The van der Waals surface area contributed by atoms with Crippen LogP contribution >= 0.6 is 0 Å². The second kappa shape index (κ2) is 6.16. The molecule has 0 atom stereocenters. The van der Waals surface area contributed by atoms with Crippen LogP contribution in [0.5, 0.6) is 5.75 Å². The molecule has 0 radical (unpaired) electrons. The zero-order valence-corrected chi connectivity index (χ0v) is 13.6. The Hall–Kier alpha value is -3.54. The molecule has 6 nitrogen and oxygen atoms in total. The normalized spacial score (nSPS) is 10.8. The monoisotopic (exact) mass is 332 g/mol. The number of hydrogen-bond acceptors (Lipinski definition) is 3. The van der Waals surface area contributed by atoms with Crippen LogP contribution in [0.3, 0.4) is 0 Å². The van der Waals surface area contributed by atoms with E-state index < -0.39 is 0 Å². The number of nitrogens with zero attached hydrogens (tertiary/aromatic N) is 2. The third-order valence-corrected chi connectivity index (χ3v) is 3.98. The van der Waals surface area contributed by atoms with E-state index >= 15 is 0 Å². The maximum absolute atomic E-state index is 12.7. The lowest BCUT2D eigenvalue weighted by Gasteiger charge is -2.10. The van der Waals surface area contributed by atoms with E-state index in [9.17, 15) is 4.79 Å². The van der Waals surface area contributed by atoms with Crippen LogP contribution in [0.1, 0.15) is 10.5 Å². The highest BCUT2D eigenvalue weighted by Crippen LogP contribution is 2.23. The Morgan fingerprint density at radius 3 is 2.84 bits per heavy atom. The number of para-hydroxylation sites is 2. The molecule has 0 fully saturated rings. The molecule has 0 saturated carbocycles. The standard InChI is InChI=1S/C19H16N4O2/c1-25-14-8-7-13-11-17(21-16(13)12-14)19(24)22-15-5-2-3-6-18(15)23-10-4-9-20-23/h2-12,21H,1H3,(H,22,24). The van der Waals surface area contributed by atoms with Crippen LogP contribution < -0.4 is 10.1 Å². The molecule has 2 aromatic carbocycles. The third kappa shape index (κ3) is 2.85. The number of hydrogen-bond donors (Lipinski definition) is 2. The van der Waals surface area contributed by atoms with Gasteiger partial charge in [0.1, 0.15) is 11.4 Å². The number of H-pyrrole nitrogens is 1. The number of ether oxygens (including phenoxy) is 1. The van der Waals surface area contributed by atoms with E-state index in [0.717, 1.165) is 22.3 Å². The minimum atomic E-state index is -0.213. The quantitative estimate of drug-likeness (QED) is 0.599. The van der Waals surface area contributed by atoms with Crippen LogP contribution in [0.4, 0.5) is 5.69 Å². The molecule has 0 aliphatic carbocycles. The molecule has 124 valence electrons. The van der Waals surface area contributed by atoms with Gasteiger partial charge in [0.15, 0.2) is 0 Å². The van der Waals surface area contributed by atoms with E-state index in [4.69, 9.17) is 4.74 Å². The Bertz CT molecular complexity index is 1030. The molecule has 0 unspecified atom stereocenters. The summed E-state index contributed by atoms with van der Waals surface area (Å²) in [5, 5.41) is 8.12. The fourth-order valence-electron chi connectivity index (χ4n) is 2.74. The Morgan fingerprint density at radius 1 is 1.16 bits per heavy atom. The number of methoxy groups -OCH3 is 1. The maximum atomic E-state index is 12.7. The SMILES string of the molecule is COc1ccc2cc(C(=O)Nc3ccccc3-n3cccn3)[nH]c2c1. The van der Waals surface area contributed by atoms with Crippen LogP contribution in [-0.2, 0) is 0 Å². The Labute approximate surface area is 144 Å². The lowest BCUT2D eigenvalue weighted by Crippen LogP contribution is -2.14. The predicted octanol–water partition coefficient (Wildman–Crippen LogP) is 3.61. The third-order valence-electron chi connectivity index (χ3n) is 3.98. The van der Waals surface area contributed by atoms with Gasteiger partial charge in [0.2, 0.25) is 0 Å². The first-order valence-electron chi connectivity index (χ1n) is 7.82. The van der Waals surface area contributed by atoms with Gasteiger partial charge in [0.25, 0.3) is 5.91 Å². The number of carbonyl (C=O) groups excluding carboxylic acids is 1. The highest BCUT2D eigenvalue weighted by molar-refractivity contribution is 6.06. The molecule has 25 heavy (non-hydrogen) atoms. The van der Waals surface area contributed by atoms with Crippen molar-refractivity contribution < 1.29 is 9.53 Å². The number of aromatic amines is 1. The first kappa shape index (κ1) is 15.0. The van der Waals surface area contributed by atoms with Gasteiger partial charge in [0, 0.05) is 29.4 Å². The first-order chi connectivity index (χ1) is 12.2. The van der Waals surface area contributed by atoms with Gasteiger partial charge in [-0.25, -0.2) is 4.68 Å². The average molecular weight is 332 g/mol. The smallest absolute Gasteiger partial charge is 0.272 e. The Kier molecular flexibility index (Phi) is 3.70. The molecule has 4 aromatic rings. The number of nitrogens with one attached hydrogen (secondary N) is 2. The summed E-state index contributed by atoms with van der Waals surface area (Å²) in [5.41, 5.74) is 2.83. The van der Waals surface area contributed by atoms with Crippen LogP contribution in [0.2, 0.25) is 0 Å². The highest BCUT2D eigenvalue weighted by Gasteiger charge is 2.13. The topological polar surface area (TPSA) is 71.9 Å². The van der Waals surface area contributed by atoms with E-state index in [1.54, 1.807) is 18.0 Å². The molecular weight excluding hydrogens is 316 g/mol. The van der Waals surface area contributed by atoms with Crippen molar-refractivity contribution in [3.05, 3.63) is 72.7 Å². The van der Waals surface area contributed by atoms with Gasteiger partial charge in [-0.2, -0.15) is 5.10 Å². The summed E-state index contributed by atoms with van der Waals surface area (Å²) in [6.07, 6.45) is 3.53. The molecule has 6 heteroatoms. The minimum Gasteiger partial charge on any atom is -0.497 e. The number of benzene rings is 2. The molecule has 1 amide bonds. The number of anilines is 1. The van der Waals surface area contributed by atoms with Crippen LogP contribution in [0, 0.1) is 0 Å². The molecule has 2 aromatic heterocycles. The molecule has 2 heterocycles. The number of aromatic nitrogens is 3. The van der Waals surface area contributed by atoms with Crippen molar-refractivity contribution in [1.29, 1.82) is 0 Å².